The molecule has 0 saturated heterocycles. The normalized spacial score (nSPS) is 10.5. The first-order valence-corrected chi connectivity index (χ1v) is 7.73. The van der Waals surface area contributed by atoms with E-state index in [0.717, 1.165) is 11.3 Å². The van der Waals surface area contributed by atoms with Crippen LogP contribution in [0.4, 0.5) is 11.4 Å². The van der Waals surface area contributed by atoms with Crippen LogP contribution in [0.5, 0.6) is 5.75 Å². The van der Waals surface area contributed by atoms with Gasteiger partial charge in [0.25, 0.3) is 5.91 Å². The highest BCUT2D eigenvalue weighted by Gasteiger charge is 2.12. The monoisotopic (exact) mass is 312 g/mol. The molecule has 0 fully saturated rings. The molecule has 4 nitrogen and oxygen atoms in total. The fourth-order valence-electron chi connectivity index (χ4n) is 2.42. The molecule has 1 amide bonds. The molecule has 0 radical (unpaired) electrons. The fraction of sp³-hybridized carbons (Fsp3) is 0.316. The van der Waals surface area contributed by atoms with E-state index in [1.807, 2.05) is 82.2 Å². The predicted octanol–water partition coefficient (Wildman–Crippen LogP) is 4.10. The third kappa shape index (κ3) is 4.25. The van der Waals surface area contributed by atoms with Crippen LogP contribution < -0.4 is 15.0 Å². The number of carbonyl (C=O) groups excluding carboxylic acids is 1. The van der Waals surface area contributed by atoms with Gasteiger partial charge in [0, 0.05) is 25.3 Å². The largest absolute Gasteiger partial charge is 0.489 e. The lowest BCUT2D eigenvalue weighted by Crippen LogP contribution is -2.15. The Balaban J connectivity index is 2.21. The Hall–Kier alpha value is -2.49. The van der Waals surface area contributed by atoms with E-state index in [2.05, 4.69) is 5.32 Å². The molecular weight excluding hydrogens is 288 g/mol. The lowest BCUT2D eigenvalue weighted by atomic mass is 10.1. The number of ether oxygens (including phenoxy) is 1. The summed E-state index contributed by atoms with van der Waals surface area (Å²) in [6, 6.07) is 13.2. The SMILES string of the molecule is Cc1cc(C(=O)Nc2ccccc2OC(C)C)ccc1N(C)C. The Bertz CT molecular complexity index is 694. The summed E-state index contributed by atoms with van der Waals surface area (Å²) in [5.74, 6) is 0.538. The van der Waals surface area contributed by atoms with Crippen molar-refractivity contribution in [3.8, 4) is 5.75 Å². The molecule has 4 heteroatoms. The number of amides is 1. The number of aryl methyl sites for hydroxylation is 1. The van der Waals surface area contributed by atoms with Gasteiger partial charge in [0.15, 0.2) is 0 Å². The number of hydrogen-bond donors (Lipinski definition) is 1. The average Bonchev–Trinajstić information content (AvgIpc) is 2.48. The standard InChI is InChI=1S/C19H24N2O2/c1-13(2)23-18-9-7-6-8-16(18)20-19(22)15-10-11-17(21(4)5)14(3)12-15/h6-13H,1-5H3,(H,20,22). The molecule has 2 aromatic carbocycles. The molecule has 0 bridgehead atoms. The number of hydrogen-bond acceptors (Lipinski definition) is 3. The molecule has 122 valence electrons. The molecule has 0 saturated carbocycles. The second-order valence-corrected chi connectivity index (χ2v) is 6.01. The Morgan fingerprint density at radius 2 is 1.83 bits per heavy atom. The third-order valence-corrected chi connectivity index (χ3v) is 3.44. The van der Waals surface area contributed by atoms with Crippen molar-refractivity contribution in [2.45, 2.75) is 26.9 Å². The second kappa shape index (κ2) is 7.18. The van der Waals surface area contributed by atoms with Crippen LogP contribution in [0.1, 0.15) is 29.8 Å². The van der Waals surface area contributed by atoms with Gasteiger partial charge in [-0.3, -0.25) is 4.79 Å². The van der Waals surface area contributed by atoms with Crippen LogP contribution in [-0.4, -0.2) is 26.1 Å². The van der Waals surface area contributed by atoms with Crippen LogP contribution in [0, 0.1) is 6.92 Å². The van der Waals surface area contributed by atoms with Crippen molar-refractivity contribution in [1.29, 1.82) is 0 Å². The maximum Gasteiger partial charge on any atom is 0.255 e. The number of nitrogens with zero attached hydrogens (tertiary/aromatic N) is 1. The number of rotatable bonds is 5. The summed E-state index contributed by atoms with van der Waals surface area (Å²) >= 11 is 0. The van der Waals surface area contributed by atoms with E-state index >= 15 is 0 Å². The van der Waals surface area contributed by atoms with E-state index in [-0.39, 0.29) is 12.0 Å². The maximum absolute atomic E-state index is 12.5. The van der Waals surface area contributed by atoms with Crippen molar-refractivity contribution in [1.82, 2.24) is 0 Å². The first-order chi connectivity index (χ1) is 10.9. The fourth-order valence-corrected chi connectivity index (χ4v) is 2.42. The zero-order chi connectivity index (χ0) is 17.0. The smallest absolute Gasteiger partial charge is 0.255 e. The van der Waals surface area contributed by atoms with Crippen molar-refractivity contribution < 1.29 is 9.53 Å². The van der Waals surface area contributed by atoms with Gasteiger partial charge in [-0.15, -0.1) is 0 Å². The minimum absolute atomic E-state index is 0.0506. The van der Waals surface area contributed by atoms with E-state index in [9.17, 15) is 4.79 Å². The van der Waals surface area contributed by atoms with Crippen molar-refractivity contribution >= 4 is 17.3 Å². The molecule has 0 aliphatic carbocycles. The number of carbonyl (C=O) groups is 1. The zero-order valence-corrected chi connectivity index (χ0v) is 14.4. The quantitative estimate of drug-likeness (QED) is 0.903. The van der Waals surface area contributed by atoms with Crippen LogP contribution in [0.3, 0.4) is 0 Å². The number of nitrogens with one attached hydrogen (secondary N) is 1. The molecule has 23 heavy (non-hydrogen) atoms. The van der Waals surface area contributed by atoms with Gasteiger partial charge in [0.2, 0.25) is 0 Å². The van der Waals surface area contributed by atoms with Crippen molar-refractivity contribution in [2.24, 2.45) is 0 Å². The highest BCUT2D eigenvalue weighted by molar-refractivity contribution is 6.05. The molecule has 0 spiro atoms. The van der Waals surface area contributed by atoms with E-state index in [1.165, 1.54) is 0 Å². The predicted molar refractivity (Wildman–Crippen MR) is 95.7 cm³/mol. The molecule has 0 aliphatic heterocycles. The summed E-state index contributed by atoms with van der Waals surface area (Å²) in [7, 11) is 3.98. The minimum atomic E-state index is -0.141. The van der Waals surface area contributed by atoms with Crippen molar-refractivity contribution in [3.05, 3.63) is 53.6 Å². The second-order valence-electron chi connectivity index (χ2n) is 6.01. The molecule has 0 heterocycles. The van der Waals surface area contributed by atoms with Gasteiger partial charge in [-0.05, 0) is 56.7 Å². The highest BCUT2D eigenvalue weighted by Crippen LogP contribution is 2.26. The summed E-state index contributed by atoms with van der Waals surface area (Å²) in [5.41, 5.74) is 3.48. The van der Waals surface area contributed by atoms with Gasteiger partial charge in [-0.25, -0.2) is 0 Å². The summed E-state index contributed by atoms with van der Waals surface area (Å²) in [6.07, 6.45) is 0.0506. The van der Waals surface area contributed by atoms with E-state index in [1.54, 1.807) is 0 Å². The van der Waals surface area contributed by atoms with Crippen molar-refractivity contribution in [2.75, 3.05) is 24.3 Å². The van der Waals surface area contributed by atoms with Gasteiger partial charge in [0.1, 0.15) is 5.75 Å². The van der Waals surface area contributed by atoms with Gasteiger partial charge in [0.05, 0.1) is 11.8 Å². The van der Waals surface area contributed by atoms with Crippen LogP contribution in [0.15, 0.2) is 42.5 Å². The molecule has 2 rings (SSSR count). The third-order valence-electron chi connectivity index (χ3n) is 3.44. The minimum Gasteiger partial charge on any atom is -0.489 e. The molecule has 1 N–H and O–H groups in total. The van der Waals surface area contributed by atoms with Gasteiger partial charge in [-0.1, -0.05) is 12.1 Å². The van der Waals surface area contributed by atoms with E-state index < -0.39 is 0 Å². The van der Waals surface area contributed by atoms with Crippen LogP contribution in [0.2, 0.25) is 0 Å². The number of anilines is 2. The van der Waals surface area contributed by atoms with Crippen LogP contribution in [0.25, 0.3) is 0 Å². The van der Waals surface area contributed by atoms with E-state index in [4.69, 9.17) is 4.74 Å². The first kappa shape index (κ1) is 16.9. The van der Waals surface area contributed by atoms with Crippen LogP contribution in [-0.2, 0) is 0 Å². The molecule has 0 atom stereocenters. The Kier molecular flexibility index (Phi) is 5.27. The molecule has 0 aliphatic rings. The zero-order valence-electron chi connectivity index (χ0n) is 14.4. The first-order valence-electron chi connectivity index (χ1n) is 7.73. The Morgan fingerprint density at radius 3 is 2.43 bits per heavy atom. The van der Waals surface area contributed by atoms with Gasteiger partial charge < -0.3 is 15.0 Å². The summed E-state index contributed by atoms with van der Waals surface area (Å²) < 4.78 is 5.73. The lowest BCUT2D eigenvalue weighted by molar-refractivity contribution is 0.102. The van der Waals surface area contributed by atoms with Crippen LogP contribution >= 0.6 is 0 Å². The summed E-state index contributed by atoms with van der Waals surface area (Å²) in [4.78, 5) is 14.5. The Labute approximate surface area is 138 Å². The molecule has 0 aromatic heterocycles. The topological polar surface area (TPSA) is 41.6 Å². The highest BCUT2D eigenvalue weighted by atomic mass is 16.5. The number of benzene rings is 2. The summed E-state index contributed by atoms with van der Waals surface area (Å²) in [5, 5.41) is 2.93. The lowest BCUT2D eigenvalue weighted by Gasteiger charge is -2.17. The van der Waals surface area contributed by atoms with Gasteiger partial charge >= 0.3 is 0 Å². The van der Waals surface area contributed by atoms with Crippen molar-refractivity contribution in [3.63, 3.8) is 0 Å². The Morgan fingerprint density at radius 1 is 1.13 bits per heavy atom. The molecule has 0 unspecified atom stereocenters. The maximum atomic E-state index is 12.5. The summed E-state index contributed by atoms with van der Waals surface area (Å²) in [6.45, 7) is 5.92. The number of para-hydroxylation sites is 2. The molecule has 2 aromatic rings. The molecular formula is C19H24N2O2. The van der Waals surface area contributed by atoms with E-state index in [0.29, 0.717) is 17.0 Å². The average molecular weight is 312 g/mol. The van der Waals surface area contributed by atoms with Gasteiger partial charge in [-0.2, -0.15) is 0 Å².